The number of esters is 1. The molecule has 1 unspecified atom stereocenters. The Bertz CT molecular complexity index is 1010. The van der Waals surface area contributed by atoms with Crippen molar-refractivity contribution in [1.29, 1.82) is 0 Å². The summed E-state index contributed by atoms with van der Waals surface area (Å²) < 4.78 is 32.2. The average Bonchev–Trinajstić information content (AvgIpc) is 3.03. The Morgan fingerprint density at radius 1 is 1.27 bits per heavy atom. The van der Waals surface area contributed by atoms with Crippen LogP contribution in [0.4, 0.5) is 0 Å². The van der Waals surface area contributed by atoms with Crippen LogP contribution in [0.1, 0.15) is 36.5 Å². The zero-order valence-corrected chi connectivity index (χ0v) is 21.0. The maximum atomic E-state index is 13.1. The minimum atomic E-state index is -4.29. The van der Waals surface area contributed by atoms with Gasteiger partial charge in [0.25, 0.3) is 15.1 Å². The molecule has 3 rings (SSSR count). The number of thioether (sulfide) groups is 1. The van der Waals surface area contributed by atoms with Crippen LogP contribution in [0, 0.1) is 0 Å². The van der Waals surface area contributed by atoms with Gasteiger partial charge in [0, 0.05) is 13.1 Å². The molecule has 2 fully saturated rings. The zero-order valence-electron chi connectivity index (χ0n) is 18.6. The molecule has 182 valence electrons. The van der Waals surface area contributed by atoms with E-state index in [2.05, 4.69) is 5.32 Å². The Hall–Kier alpha value is -1.66. The highest BCUT2D eigenvalue weighted by Gasteiger charge is 2.53. The van der Waals surface area contributed by atoms with Crippen LogP contribution in [0.15, 0.2) is 24.3 Å². The van der Waals surface area contributed by atoms with Crippen LogP contribution >= 0.6 is 23.4 Å². The van der Waals surface area contributed by atoms with E-state index < -0.39 is 32.8 Å². The third kappa shape index (κ3) is 5.37. The van der Waals surface area contributed by atoms with Crippen LogP contribution in [0.5, 0.6) is 0 Å². The van der Waals surface area contributed by atoms with Gasteiger partial charge in [-0.05, 0) is 50.3 Å². The SMILES string of the molecule is CCOC(=O)CN1C(=O)C(CCSC)NC12CCN(S(=O)(=O)C(=O)c1ccccc1Cl)CC2. The van der Waals surface area contributed by atoms with E-state index in [1.165, 1.54) is 17.0 Å². The summed E-state index contributed by atoms with van der Waals surface area (Å²) in [5.41, 5.74) is -0.943. The van der Waals surface area contributed by atoms with Gasteiger partial charge in [0.15, 0.2) is 0 Å². The van der Waals surface area contributed by atoms with Crippen molar-refractivity contribution in [1.82, 2.24) is 14.5 Å². The quantitative estimate of drug-likeness (QED) is 0.519. The van der Waals surface area contributed by atoms with Crippen LogP contribution in [-0.2, 0) is 24.3 Å². The highest BCUT2D eigenvalue weighted by atomic mass is 35.5. The molecule has 1 N–H and O–H groups in total. The van der Waals surface area contributed by atoms with Gasteiger partial charge in [-0.3, -0.25) is 19.7 Å². The van der Waals surface area contributed by atoms with Crippen molar-refractivity contribution >= 4 is 50.4 Å². The van der Waals surface area contributed by atoms with Gasteiger partial charge < -0.3 is 9.64 Å². The molecular weight excluding hydrogens is 490 g/mol. The predicted octanol–water partition coefficient (Wildman–Crippen LogP) is 1.72. The van der Waals surface area contributed by atoms with Crippen LogP contribution < -0.4 is 5.32 Å². The highest BCUT2D eigenvalue weighted by Crippen LogP contribution is 2.35. The number of amides is 1. The second-order valence-electron chi connectivity index (χ2n) is 7.91. The van der Waals surface area contributed by atoms with Gasteiger partial charge in [-0.2, -0.15) is 16.1 Å². The van der Waals surface area contributed by atoms with E-state index in [1.54, 1.807) is 30.8 Å². The van der Waals surface area contributed by atoms with Crippen LogP contribution in [0.25, 0.3) is 0 Å². The van der Waals surface area contributed by atoms with Crippen molar-refractivity contribution in [3.63, 3.8) is 0 Å². The largest absolute Gasteiger partial charge is 0.465 e. The van der Waals surface area contributed by atoms with Crippen molar-refractivity contribution < 1.29 is 27.5 Å². The first kappa shape index (κ1) is 26.0. The maximum Gasteiger partial charge on any atom is 0.325 e. The lowest BCUT2D eigenvalue weighted by atomic mass is 9.97. The number of nitrogens with one attached hydrogen (secondary N) is 1. The molecule has 0 aliphatic carbocycles. The molecule has 2 aliphatic rings. The number of ether oxygens (including phenoxy) is 1. The fourth-order valence-corrected chi connectivity index (χ4v) is 6.36. The van der Waals surface area contributed by atoms with Gasteiger partial charge in [-0.15, -0.1) is 0 Å². The van der Waals surface area contributed by atoms with E-state index >= 15 is 0 Å². The van der Waals surface area contributed by atoms with Gasteiger partial charge in [-0.1, -0.05) is 23.7 Å². The molecule has 0 radical (unpaired) electrons. The normalized spacial score (nSPS) is 20.9. The van der Waals surface area contributed by atoms with Crippen LogP contribution in [0.2, 0.25) is 5.02 Å². The number of carbonyl (C=O) groups is 3. The molecule has 1 amide bonds. The summed E-state index contributed by atoms with van der Waals surface area (Å²) in [6.45, 7) is 1.73. The molecule has 1 atom stereocenters. The van der Waals surface area contributed by atoms with Gasteiger partial charge in [0.1, 0.15) is 6.54 Å². The number of sulfonamides is 1. The highest BCUT2D eigenvalue weighted by molar-refractivity contribution is 8.04. The molecule has 33 heavy (non-hydrogen) atoms. The minimum Gasteiger partial charge on any atom is -0.465 e. The Morgan fingerprint density at radius 3 is 2.55 bits per heavy atom. The first-order chi connectivity index (χ1) is 15.7. The number of hydrogen-bond donors (Lipinski definition) is 1. The molecule has 1 spiro atoms. The van der Waals surface area contributed by atoms with Crippen molar-refractivity contribution in [2.45, 2.75) is 37.9 Å². The molecule has 12 heteroatoms. The number of piperidine rings is 1. The summed E-state index contributed by atoms with van der Waals surface area (Å²) in [6.07, 6.45) is 3.02. The minimum absolute atomic E-state index is 0.0212. The third-order valence-corrected chi connectivity index (χ3v) is 8.65. The average molecular weight is 518 g/mol. The first-order valence-corrected chi connectivity index (χ1v) is 13.9. The fourth-order valence-electron chi connectivity index (χ4n) is 4.25. The van der Waals surface area contributed by atoms with E-state index in [-0.39, 0.29) is 55.6 Å². The second kappa shape index (κ2) is 10.7. The predicted molar refractivity (Wildman–Crippen MR) is 127 cm³/mol. The van der Waals surface area contributed by atoms with Crippen molar-refractivity contribution in [2.75, 3.05) is 38.2 Å². The Kier molecular flexibility index (Phi) is 8.44. The zero-order chi connectivity index (χ0) is 24.2. The number of hydrogen-bond acceptors (Lipinski definition) is 8. The summed E-state index contributed by atoms with van der Waals surface area (Å²) >= 11 is 7.64. The number of rotatable bonds is 8. The second-order valence-corrected chi connectivity index (χ2v) is 11.1. The lowest BCUT2D eigenvalue weighted by Gasteiger charge is -2.43. The molecular formula is C21H28ClN3O6S2. The van der Waals surface area contributed by atoms with Crippen molar-refractivity contribution in [3.8, 4) is 0 Å². The smallest absolute Gasteiger partial charge is 0.325 e. The number of benzene rings is 1. The van der Waals surface area contributed by atoms with Gasteiger partial charge in [0.05, 0.1) is 28.9 Å². The topological polar surface area (TPSA) is 113 Å². The fraction of sp³-hybridized carbons (Fsp3) is 0.571. The lowest BCUT2D eigenvalue weighted by Crippen LogP contribution is -2.60. The number of halogens is 1. The standard InChI is InChI=1S/C21H28ClN3O6S2/c1-3-31-18(26)14-25-19(27)17(8-13-32-2)23-21(25)9-11-24(12-10-21)33(29,30)20(28)15-6-4-5-7-16(15)22/h4-7,17,23H,3,8-14H2,1-2H3. The summed E-state index contributed by atoms with van der Waals surface area (Å²) in [6, 6.07) is 5.55. The van der Waals surface area contributed by atoms with Gasteiger partial charge in [0.2, 0.25) is 5.91 Å². The van der Waals surface area contributed by atoms with Crippen LogP contribution in [0.3, 0.4) is 0 Å². The van der Waals surface area contributed by atoms with Crippen LogP contribution in [-0.4, -0.2) is 84.6 Å². The summed E-state index contributed by atoms with van der Waals surface area (Å²) in [5, 5.41) is 2.37. The van der Waals surface area contributed by atoms with E-state index in [0.29, 0.717) is 6.42 Å². The summed E-state index contributed by atoms with van der Waals surface area (Å²) in [4.78, 5) is 39.5. The summed E-state index contributed by atoms with van der Waals surface area (Å²) in [5.74, 6) is 0.0570. The molecule has 2 aliphatic heterocycles. The van der Waals surface area contributed by atoms with E-state index in [1.807, 2.05) is 6.26 Å². The summed E-state index contributed by atoms with van der Waals surface area (Å²) in [7, 11) is -4.29. The number of carbonyl (C=O) groups excluding carboxylic acids is 3. The first-order valence-electron chi connectivity index (χ1n) is 10.7. The molecule has 0 aromatic heterocycles. The van der Waals surface area contributed by atoms with E-state index in [4.69, 9.17) is 16.3 Å². The molecule has 2 saturated heterocycles. The Labute approximate surface area is 203 Å². The van der Waals surface area contributed by atoms with Gasteiger partial charge in [-0.25, -0.2) is 8.42 Å². The Morgan fingerprint density at radius 2 is 1.94 bits per heavy atom. The van der Waals surface area contributed by atoms with E-state index in [9.17, 15) is 22.8 Å². The molecule has 9 nitrogen and oxygen atoms in total. The molecule has 1 aromatic carbocycles. The molecule has 0 saturated carbocycles. The van der Waals surface area contributed by atoms with Gasteiger partial charge >= 0.3 is 5.97 Å². The van der Waals surface area contributed by atoms with E-state index in [0.717, 1.165) is 10.1 Å². The molecule has 1 aromatic rings. The van der Waals surface area contributed by atoms with Crippen molar-refractivity contribution in [2.24, 2.45) is 0 Å². The third-order valence-electron chi connectivity index (χ3n) is 5.94. The number of nitrogens with zero attached hydrogens (tertiary/aromatic N) is 2. The monoisotopic (exact) mass is 517 g/mol. The molecule has 2 heterocycles. The maximum absolute atomic E-state index is 13.1. The molecule has 0 bridgehead atoms. The Balaban J connectivity index is 1.78. The van der Waals surface area contributed by atoms with Crippen molar-refractivity contribution in [3.05, 3.63) is 34.9 Å². The lowest BCUT2D eigenvalue weighted by molar-refractivity contribution is -0.151.